The summed E-state index contributed by atoms with van der Waals surface area (Å²) in [6.45, 7) is 1.94. The zero-order chi connectivity index (χ0) is 9.42. The minimum atomic E-state index is -0.267. The molecule has 0 saturated carbocycles. The molecule has 0 spiro atoms. The highest BCUT2D eigenvalue weighted by Gasteiger charge is 2.25. The molecule has 13 heavy (non-hydrogen) atoms. The van der Waals surface area contributed by atoms with Crippen molar-refractivity contribution in [2.75, 3.05) is 0 Å². The molecule has 2 atom stereocenters. The molecule has 0 saturated heterocycles. The minimum absolute atomic E-state index is 0.0734. The predicted octanol–water partition coefficient (Wildman–Crippen LogP) is 2.00. The van der Waals surface area contributed by atoms with Crippen molar-refractivity contribution in [1.29, 1.82) is 0 Å². The van der Waals surface area contributed by atoms with E-state index in [1.807, 2.05) is 6.92 Å². The molecule has 1 aromatic carbocycles. The molecular formula is C10H12FNO. The number of fused-ring (bicyclic) bond motifs is 1. The lowest BCUT2D eigenvalue weighted by molar-refractivity contribution is 0.174. The Hall–Kier alpha value is -1.09. The summed E-state index contributed by atoms with van der Waals surface area (Å²) < 4.78 is 18.8. The van der Waals surface area contributed by atoms with Gasteiger partial charge in [-0.3, -0.25) is 0 Å². The molecule has 0 bridgehead atoms. The van der Waals surface area contributed by atoms with Crippen LogP contribution in [0.3, 0.4) is 0 Å². The second kappa shape index (κ2) is 3.00. The lowest BCUT2D eigenvalue weighted by Crippen LogP contribution is -2.28. The van der Waals surface area contributed by atoms with Crippen LogP contribution in [0.4, 0.5) is 4.39 Å². The Bertz CT molecular complexity index is 327. The van der Waals surface area contributed by atoms with Crippen LogP contribution in [0.5, 0.6) is 5.75 Å². The average Bonchev–Trinajstić information content (AvgIpc) is 2.02. The molecule has 3 heteroatoms. The summed E-state index contributed by atoms with van der Waals surface area (Å²) in [6, 6.07) is 4.57. The van der Waals surface area contributed by atoms with E-state index in [1.54, 1.807) is 12.1 Å². The first kappa shape index (κ1) is 8.51. The van der Waals surface area contributed by atoms with Crippen LogP contribution in [0, 0.1) is 5.82 Å². The highest BCUT2D eigenvalue weighted by atomic mass is 19.1. The van der Waals surface area contributed by atoms with Gasteiger partial charge in [0.25, 0.3) is 0 Å². The number of halogens is 1. The summed E-state index contributed by atoms with van der Waals surface area (Å²) in [5.41, 5.74) is 6.33. The maximum Gasteiger partial charge on any atom is 0.131 e. The van der Waals surface area contributed by atoms with Gasteiger partial charge in [0.1, 0.15) is 11.6 Å². The summed E-state index contributed by atoms with van der Waals surface area (Å²) in [7, 11) is 0. The van der Waals surface area contributed by atoms with Gasteiger partial charge in [-0.2, -0.15) is 0 Å². The summed E-state index contributed by atoms with van der Waals surface area (Å²) in [6.07, 6.45) is 0.748. The molecule has 0 radical (unpaired) electrons. The van der Waals surface area contributed by atoms with Gasteiger partial charge in [0, 0.05) is 18.0 Å². The maximum absolute atomic E-state index is 13.3. The third kappa shape index (κ3) is 1.40. The molecule has 1 aromatic rings. The predicted molar refractivity (Wildman–Crippen MR) is 48.0 cm³/mol. The second-order valence-electron chi connectivity index (χ2n) is 3.42. The zero-order valence-electron chi connectivity index (χ0n) is 7.46. The fourth-order valence-electron chi connectivity index (χ4n) is 1.72. The van der Waals surface area contributed by atoms with Crippen LogP contribution in [0.2, 0.25) is 0 Å². The zero-order valence-corrected chi connectivity index (χ0v) is 7.46. The molecule has 2 unspecified atom stereocenters. The van der Waals surface area contributed by atoms with Crippen molar-refractivity contribution >= 4 is 0 Å². The number of hydrogen-bond acceptors (Lipinski definition) is 2. The van der Waals surface area contributed by atoms with Gasteiger partial charge in [-0.1, -0.05) is 6.07 Å². The minimum Gasteiger partial charge on any atom is -0.490 e. The van der Waals surface area contributed by atoms with Gasteiger partial charge < -0.3 is 10.5 Å². The Kier molecular flexibility index (Phi) is 1.96. The van der Waals surface area contributed by atoms with Crippen molar-refractivity contribution in [1.82, 2.24) is 0 Å². The normalized spacial score (nSPS) is 26.4. The van der Waals surface area contributed by atoms with E-state index in [-0.39, 0.29) is 18.0 Å². The Morgan fingerprint density at radius 2 is 2.31 bits per heavy atom. The lowest BCUT2D eigenvalue weighted by Gasteiger charge is -2.28. The largest absolute Gasteiger partial charge is 0.490 e. The van der Waals surface area contributed by atoms with Crippen molar-refractivity contribution in [3.8, 4) is 5.75 Å². The standard InChI is InChI=1S/C10H12FNO/c1-6-5-8(12)10-7(11)3-2-4-9(10)13-6/h2-4,6,8H,5,12H2,1H3. The number of rotatable bonds is 0. The van der Waals surface area contributed by atoms with Crippen molar-refractivity contribution < 1.29 is 9.13 Å². The van der Waals surface area contributed by atoms with Crippen LogP contribution < -0.4 is 10.5 Å². The van der Waals surface area contributed by atoms with E-state index in [2.05, 4.69) is 0 Å². The van der Waals surface area contributed by atoms with Crippen LogP contribution >= 0.6 is 0 Å². The molecule has 0 amide bonds. The van der Waals surface area contributed by atoms with E-state index in [1.165, 1.54) is 6.07 Å². The molecular weight excluding hydrogens is 169 g/mol. The van der Waals surface area contributed by atoms with E-state index in [0.717, 1.165) is 0 Å². The van der Waals surface area contributed by atoms with E-state index < -0.39 is 0 Å². The van der Waals surface area contributed by atoms with Crippen molar-refractivity contribution in [3.05, 3.63) is 29.6 Å². The van der Waals surface area contributed by atoms with Crippen LogP contribution in [0.25, 0.3) is 0 Å². The molecule has 0 aromatic heterocycles. The van der Waals surface area contributed by atoms with Gasteiger partial charge in [-0.15, -0.1) is 0 Å². The molecule has 1 heterocycles. The van der Waals surface area contributed by atoms with Crippen LogP contribution in [0.15, 0.2) is 18.2 Å². The molecule has 2 N–H and O–H groups in total. The molecule has 0 fully saturated rings. The van der Waals surface area contributed by atoms with Gasteiger partial charge in [0.15, 0.2) is 0 Å². The summed E-state index contributed by atoms with van der Waals surface area (Å²) in [5.74, 6) is 0.322. The first-order valence-corrected chi connectivity index (χ1v) is 4.39. The maximum atomic E-state index is 13.3. The van der Waals surface area contributed by atoms with Gasteiger partial charge in [-0.05, 0) is 19.1 Å². The Morgan fingerprint density at radius 3 is 3.08 bits per heavy atom. The Morgan fingerprint density at radius 1 is 1.54 bits per heavy atom. The van der Waals surface area contributed by atoms with Gasteiger partial charge in [0.2, 0.25) is 0 Å². The number of nitrogens with two attached hydrogens (primary N) is 1. The topological polar surface area (TPSA) is 35.2 Å². The Labute approximate surface area is 76.5 Å². The van der Waals surface area contributed by atoms with E-state index in [4.69, 9.17) is 10.5 Å². The number of hydrogen-bond donors (Lipinski definition) is 1. The molecule has 2 rings (SSSR count). The summed E-state index contributed by atoms with van der Waals surface area (Å²) in [5, 5.41) is 0. The first-order chi connectivity index (χ1) is 6.18. The summed E-state index contributed by atoms with van der Waals surface area (Å²) in [4.78, 5) is 0. The van der Waals surface area contributed by atoms with Crippen LogP contribution in [-0.4, -0.2) is 6.10 Å². The third-order valence-corrected chi connectivity index (χ3v) is 2.30. The van der Waals surface area contributed by atoms with Crippen molar-refractivity contribution in [2.24, 2.45) is 5.73 Å². The van der Waals surface area contributed by atoms with Gasteiger partial charge in [-0.25, -0.2) is 4.39 Å². The van der Waals surface area contributed by atoms with Crippen LogP contribution in [-0.2, 0) is 0 Å². The monoisotopic (exact) mass is 181 g/mol. The lowest BCUT2D eigenvalue weighted by atomic mass is 9.97. The highest BCUT2D eigenvalue weighted by Crippen LogP contribution is 2.34. The highest BCUT2D eigenvalue weighted by molar-refractivity contribution is 5.38. The summed E-state index contributed by atoms with van der Waals surface area (Å²) >= 11 is 0. The third-order valence-electron chi connectivity index (χ3n) is 2.30. The number of ether oxygens (including phenoxy) is 1. The first-order valence-electron chi connectivity index (χ1n) is 4.39. The molecule has 0 aliphatic carbocycles. The van der Waals surface area contributed by atoms with Gasteiger partial charge in [0.05, 0.1) is 6.10 Å². The van der Waals surface area contributed by atoms with Crippen molar-refractivity contribution in [3.63, 3.8) is 0 Å². The average molecular weight is 181 g/mol. The quantitative estimate of drug-likeness (QED) is 0.664. The fourth-order valence-corrected chi connectivity index (χ4v) is 1.72. The fraction of sp³-hybridized carbons (Fsp3) is 0.400. The van der Waals surface area contributed by atoms with Crippen molar-refractivity contribution in [2.45, 2.75) is 25.5 Å². The SMILES string of the molecule is CC1CC(N)c2c(F)cccc2O1. The number of benzene rings is 1. The molecule has 70 valence electrons. The molecule has 1 aliphatic rings. The van der Waals surface area contributed by atoms with E-state index in [0.29, 0.717) is 17.7 Å². The smallest absolute Gasteiger partial charge is 0.131 e. The van der Waals surface area contributed by atoms with E-state index >= 15 is 0 Å². The molecule has 2 nitrogen and oxygen atoms in total. The Balaban J connectivity index is 2.49. The van der Waals surface area contributed by atoms with Gasteiger partial charge >= 0.3 is 0 Å². The van der Waals surface area contributed by atoms with Crippen LogP contribution in [0.1, 0.15) is 24.9 Å². The van der Waals surface area contributed by atoms with E-state index in [9.17, 15) is 4.39 Å². The second-order valence-corrected chi connectivity index (χ2v) is 3.42. The molecule has 1 aliphatic heterocycles.